The van der Waals surface area contributed by atoms with Crippen molar-refractivity contribution in [3.8, 4) is 0 Å². The summed E-state index contributed by atoms with van der Waals surface area (Å²) in [6.45, 7) is 4.27. The van der Waals surface area contributed by atoms with E-state index in [1.54, 1.807) is 0 Å². The molecule has 0 spiro atoms. The van der Waals surface area contributed by atoms with Crippen molar-refractivity contribution < 1.29 is 4.74 Å². The molecule has 0 bridgehead atoms. The molecular weight excluding hydrogens is 210 g/mol. The van der Waals surface area contributed by atoms with Crippen LogP contribution in [-0.4, -0.2) is 32.2 Å². The number of hydrogen-bond acceptors (Lipinski definition) is 2. The van der Waals surface area contributed by atoms with Crippen LogP contribution in [0.4, 0.5) is 0 Å². The Hall–Kier alpha value is 0.210. The topological polar surface area (TPSA) is 21.3 Å². The molecule has 0 aromatic heterocycles. The van der Waals surface area contributed by atoms with Gasteiger partial charge in [-0.3, -0.25) is 0 Å². The summed E-state index contributed by atoms with van der Waals surface area (Å²) < 4.78 is 5.35. The Morgan fingerprint density at radius 1 is 1.27 bits per heavy atom. The van der Waals surface area contributed by atoms with Gasteiger partial charge in [-0.25, -0.2) is 0 Å². The smallest absolute Gasteiger partial charge is 0.0469 e. The van der Waals surface area contributed by atoms with Crippen molar-refractivity contribution in [3.63, 3.8) is 0 Å². The first-order valence-electron chi connectivity index (χ1n) is 6.19. The predicted molar refractivity (Wildman–Crippen MR) is 63.4 cm³/mol. The highest BCUT2D eigenvalue weighted by Gasteiger charge is 2.41. The molecule has 1 saturated carbocycles. The molecule has 0 unspecified atom stereocenters. The first kappa shape index (κ1) is 11.7. The molecule has 2 aliphatic rings. The minimum atomic E-state index is 0.576. The van der Waals surface area contributed by atoms with E-state index in [1.807, 2.05) is 0 Å². The third kappa shape index (κ3) is 3.61. The van der Waals surface area contributed by atoms with Gasteiger partial charge in [-0.15, -0.1) is 11.6 Å². The normalized spacial score (nSPS) is 25.4. The lowest BCUT2D eigenvalue weighted by molar-refractivity contribution is 0.0659. The van der Waals surface area contributed by atoms with Gasteiger partial charge in [0.05, 0.1) is 0 Å². The van der Waals surface area contributed by atoms with Gasteiger partial charge in [0.25, 0.3) is 0 Å². The van der Waals surface area contributed by atoms with Gasteiger partial charge in [-0.2, -0.15) is 0 Å². The van der Waals surface area contributed by atoms with E-state index in [9.17, 15) is 0 Å². The fraction of sp³-hybridized carbons (Fsp3) is 1.00. The lowest BCUT2D eigenvalue weighted by atomic mass is 9.99. The van der Waals surface area contributed by atoms with Crippen LogP contribution in [-0.2, 0) is 4.74 Å². The molecule has 0 radical (unpaired) electrons. The first-order valence-corrected chi connectivity index (χ1v) is 6.73. The van der Waals surface area contributed by atoms with Gasteiger partial charge in [0.1, 0.15) is 0 Å². The van der Waals surface area contributed by atoms with Crippen LogP contribution in [0.15, 0.2) is 0 Å². The molecule has 1 saturated heterocycles. The minimum absolute atomic E-state index is 0.576. The molecule has 1 N–H and O–H groups in total. The Kier molecular flexibility index (Phi) is 4.30. The Morgan fingerprint density at radius 3 is 2.60 bits per heavy atom. The number of ether oxygens (including phenoxy) is 1. The van der Waals surface area contributed by atoms with Crippen molar-refractivity contribution in [2.45, 2.75) is 32.1 Å². The van der Waals surface area contributed by atoms with Crippen molar-refractivity contribution in [2.75, 3.05) is 32.2 Å². The van der Waals surface area contributed by atoms with Gasteiger partial charge in [0.15, 0.2) is 0 Å². The summed E-state index contributed by atoms with van der Waals surface area (Å²) in [5.74, 6) is 1.66. The van der Waals surface area contributed by atoms with E-state index in [0.717, 1.165) is 25.0 Å². The van der Waals surface area contributed by atoms with E-state index >= 15 is 0 Å². The SMILES string of the molecule is ClCCC1(CNCC2CCOCC2)CC1. The highest BCUT2D eigenvalue weighted by Crippen LogP contribution is 2.48. The molecule has 1 aliphatic heterocycles. The summed E-state index contributed by atoms with van der Waals surface area (Å²) in [6.07, 6.45) is 6.40. The second kappa shape index (κ2) is 5.51. The molecule has 3 heteroatoms. The van der Waals surface area contributed by atoms with E-state index < -0.39 is 0 Å². The van der Waals surface area contributed by atoms with Crippen LogP contribution in [0.25, 0.3) is 0 Å². The summed E-state index contributed by atoms with van der Waals surface area (Å²) in [4.78, 5) is 0. The molecule has 0 atom stereocenters. The Morgan fingerprint density at radius 2 is 2.00 bits per heavy atom. The molecule has 0 aromatic carbocycles. The predicted octanol–water partition coefficient (Wildman–Crippen LogP) is 2.41. The van der Waals surface area contributed by atoms with Gasteiger partial charge in [0, 0.05) is 25.6 Å². The third-order valence-corrected chi connectivity index (χ3v) is 4.04. The average Bonchev–Trinajstić information content (AvgIpc) is 3.00. The molecule has 15 heavy (non-hydrogen) atoms. The maximum atomic E-state index is 5.81. The summed E-state index contributed by atoms with van der Waals surface area (Å²) >= 11 is 5.81. The van der Waals surface area contributed by atoms with E-state index in [-0.39, 0.29) is 0 Å². The summed E-state index contributed by atoms with van der Waals surface area (Å²) in [5.41, 5.74) is 0.576. The average molecular weight is 232 g/mol. The molecule has 1 heterocycles. The van der Waals surface area contributed by atoms with Crippen molar-refractivity contribution in [1.29, 1.82) is 0 Å². The van der Waals surface area contributed by atoms with E-state index in [4.69, 9.17) is 16.3 Å². The molecule has 2 nitrogen and oxygen atoms in total. The van der Waals surface area contributed by atoms with Gasteiger partial charge < -0.3 is 10.1 Å². The van der Waals surface area contributed by atoms with Gasteiger partial charge in [0.2, 0.25) is 0 Å². The molecule has 2 rings (SSSR count). The molecule has 88 valence electrons. The summed E-state index contributed by atoms with van der Waals surface area (Å²) in [6, 6.07) is 0. The fourth-order valence-corrected chi connectivity index (χ4v) is 2.79. The third-order valence-electron chi connectivity index (χ3n) is 3.86. The van der Waals surface area contributed by atoms with Crippen molar-refractivity contribution in [2.24, 2.45) is 11.3 Å². The monoisotopic (exact) mass is 231 g/mol. The lowest BCUT2D eigenvalue weighted by Crippen LogP contribution is -2.32. The molecule has 1 aliphatic carbocycles. The van der Waals surface area contributed by atoms with Gasteiger partial charge in [-0.1, -0.05) is 0 Å². The quantitative estimate of drug-likeness (QED) is 0.709. The highest BCUT2D eigenvalue weighted by molar-refractivity contribution is 6.17. The van der Waals surface area contributed by atoms with Crippen molar-refractivity contribution in [1.82, 2.24) is 5.32 Å². The van der Waals surface area contributed by atoms with Crippen LogP contribution in [0.5, 0.6) is 0 Å². The number of hydrogen-bond donors (Lipinski definition) is 1. The molecule has 2 fully saturated rings. The van der Waals surface area contributed by atoms with Crippen LogP contribution in [0.2, 0.25) is 0 Å². The maximum absolute atomic E-state index is 5.81. The second-order valence-electron chi connectivity index (χ2n) is 5.13. The number of alkyl halides is 1. The fourth-order valence-electron chi connectivity index (χ4n) is 2.38. The Labute approximate surface area is 97.7 Å². The summed E-state index contributed by atoms with van der Waals surface area (Å²) in [5, 5.41) is 3.63. The van der Waals surface area contributed by atoms with E-state index in [0.29, 0.717) is 5.41 Å². The maximum Gasteiger partial charge on any atom is 0.0469 e. The van der Waals surface area contributed by atoms with Crippen LogP contribution >= 0.6 is 11.6 Å². The zero-order valence-corrected chi connectivity index (χ0v) is 10.2. The Balaban J connectivity index is 1.58. The van der Waals surface area contributed by atoms with Gasteiger partial charge in [-0.05, 0) is 50.0 Å². The number of halogens is 1. The molecule has 0 amide bonds. The minimum Gasteiger partial charge on any atom is -0.381 e. The number of nitrogens with one attached hydrogen (secondary N) is 1. The first-order chi connectivity index (χ1) is 7.35. The van der Waals surface area contributed by atoms with Crippen LogP contribution in [0.1, 0.15) is 32.1 Å². The van der Waals surface area contributed by atoms with Crippen LogP contribution < -0.4 is 5.32 Å². The zero-order chi connectivity index (χ0) is 10.6. The molecular formula is C12H22ClNO. The highest BCUT2D eigenvalue weighted by atomic mass is 35.5. The lowest BCUT2D eigenvalue weighted by Gasteiger charge is -2.23. The van der Waals surface area contributed by atoms with Crippen LogP contribution in [0.3, 0.4) is 0 Å². The standard InChI is InChI=1S/C12H22ClNO/c13-6-5-12(3-4-12)10-14-9-11-1-7-15-8-2-11/h11,14H,1-10H2. The van der Waals surface area contributed by atoms with Gasteiger partial charge >= 0.3 is 0 Å². The van der Waals surface area contributed by atoms with Crippen LogP contribution in [0, 0.1) is 11.3 Å². The Bertz CT molecular complexity index is 188. The second-order valence-corrected chi connectivity index (χ2v) is 5.50. The molecule has 0 aromatic rings. The summed E-state index contributed by atoms with van der Waals surface area (Å²) in [7, 11) is 0. The van der Waals surface area contributed by atoms with E-state index in [1.165, 1.54) is 45.2 Å². The number of rotatable bonds is 6. The zero-order valence-electron chi connectivity index (χ0n) is 9.43. The van der Waals surface area contributed by atoms with Crippen molar-refractivity contribution >= 4 is 11.6 Å². The van der Waals surface area contributed by atoms with Crippen molar-refractivity contribution in [3.05, 3.63) is 0 Å². The van der Waals surface area contributed by atoms with E-state index in [2.05, 4.69) is 5.32 Å². The largest absolute Gasteiger partial charge is 0.381 e.